The highest BCUT2D eigenvalue weighted by molar-refractivity contribution is 9.10. The Bertz CT molecular complexity index is 747. The van der Waals surface area contributed by atoms with E-state index in [9.17, 15) is 18.3 Å². The molecule has 1 heterocycles. The number of amides is 1. The van der Waals surface area contributed by atoms with Gasteiger partial charge in [0.1, 0.15) is 0 Å². The summed E-state index contributed by atoms with van der Waals surface area (Å²) in [6.45, 7) is 0.657. The largest absolute Gasteiger partial charge is 0.393 e. The van der Waals surface area contributed by atoms with Crippen molar-refractivity contribution in [3.8, 4) is 0 Å². The summed E-state index contributed by atoms with van der Waals surface area (Å²) in [6, 6.07) is 6.74. The van der Waals surface area contributed by atoms with E-state index in [2.05, 4.69) is 21.2 Å². The molecule has 1 amide bonds. The molecule has 0 spiro atoms. The minimum absolute atomic E-state index is 0.0690. The number of carbonyl (C=O) groups is 1. The fraction of sp³-hybridized carbons (Fsp3) is 0.611. The number of piperidine rings is 1. The molecule has 1 atom stereocenters. The first kappa shape index (κ1) is 19.8. The van der Waals surface area contributed by atoms with Gasteiger partial charge in [0, 0.05) is 23.6 Å². The first-order chi connectivity index (χ1) is 12.4. The molecule has 2 N–H and O–H groups in total. The molecular formula is C18H25BrN2O4S. The van der Waals surface area contributed by atoms with Crippen LogP contribution in [0.25, 0.3) is 0 Å². The maximum atomic E-state index is 12.9. The van der Waals surface area contributed by atoms with Crippen LogP contribution >= 0.6 is 15.9 Å². The molecule has 26 heavy (non-hydrogen) atoms. The van der Waals surface area contributed by atoms with Crippen molar-refractivity contribution in [2.75, 3.05) is 13.1 Å². The van der Waals surface area contributed by atoms with Gasteiger partial charge in [-0.15, -0.1) is 0 Å². The number of aliphatic hydroxyl groups is 1. The Labute approximate surface area is 163 Å². The molecule has 1 saturated carbocycles. The highest BCUT2D eigenvalue weighted by atomic mass is 79.9. The minimum Gasteiger partial charge on any atom is -0.393 e. The summed E-state index contributed by atoms with van der Waals surface area (Å²) in [4.78, 5) is 12.9. The summed E-state index contributed by atoms with van der Waals surface area (Å²) in [6.07, 6.45) is 4.08. The van der Waals surface area contributed by atoms with Crippen molar-refractivity contribution >= 4 is 31.9 Å². The van der Waals surface area contributed by atoms with Crippen molar-refractivity contribution in [1.82, 2.24) is 9.62 Å². The lowest BCUT2D eigenvalue weighted by atomic mass is 9.92. The van der Waals surface area contributed by atoms with Crippen LogP contribution in [0.1, 0.15) is 38.5 Å². The van der Waals surface area contributed by atoms with Gasteiger partial charge in [-0.3, -0.25) is 4.79 Å². The Kier molecular flexibility index (Phi) is 6.37. The second-order valence-corrected chi connectivity index (χ2v) is 10.0. The number of carbonyl (C=O) groups excluding carboxylic acids is 1. The van der Waals surface area contributed by atoms with Gasteiger partial charge in [0.25, 0.3) is 0 Å². The first-order valence-corrected chi connectivity index (χ1v) is 11.3. The predicted octanol–water partition coefficient (Wildman–Crippen LogP) is 2.27. The van der Waals surface area contributed by atoms with Gasteiger partial charge in [-0.2, -0.15) is 4.31 Å². The minimum atomic E-state index is -3.60. The standard InChI is InChI=1S/C18H25BrN2O4S/c19-14-4-1-5-17(11-14)26(24,25)21-10-2-3-13(12-21)18(23)20-15-6-8-16(22)9-7-15/h1,4-5,11,13,15-16,22H,2-3,6-10,12H2,(H,20,23). The topological polar surface area (TPSA) is 86.7 Å². The third-order valence-corrected chi connectivity index (χ3v) is 7.59. The molecule has 1 aliphatic heterocycles. The highest BCUT2D eigenvalue weighted by Gasteiger charge is 2.34. The zero-order valence-electron chi connectivity index (χ0n) is 14.6. The zero-order chi connectivity index (χ0) is 18.7. The van der Waals surface area contributed by atoms with E-state index in [1.165, 1.54) is 4.31 Å². The molecule has 1 saturated heterocycles. The Morgan fingerprint density at radius 2 is 1.92 bits per heavy atom. The highest BCUT2D eigenvalue weighted by Crippen LogP contribution is 2.26. The Morgan fingerprint density at radius 3 is 2.62 bits per heavy atom. The van der Waals surface area contributed by atoms with Gasteiger partial charge in [0.15, 0.2) is 0 Å². The van der Waals surface area contributed by atoms with Gasteiger partial charge in [0.05, 0.1) is 16.9 Å². The SMILES string of the molecule is O=C(NC1CCC(O)CC1)C1CCCN(S(=O)(=O)c2cccc(Br)c2)C1. The lowest BCUT2D eigenvalue weighted by Gasteiger charge is -2.33. The summed E-state index contributed by atoms with van der Waals surface area (Å²) in [5.41, 5.74) is 0. The van der Waals surface area contributed by atoms with Crippen LogP contribution in [-0.4, -0.2) is 49.0 Å². The van der Waals surface area contributed by atoms with Gasteiger partial charge in [-0.05, 0) is 56.7 Å². The molecule has 1 unspecified atom stereocenters. The quantitative estimate of drug-likeness (QED) is 0.745. The van der Waals surface area contributed by atoms with Crippen LogP contribution in [0.2, 0.25) is 0 Å². The summed E-state index contributed by atoms with van der Waals surface area (Å²) in [7, 11) is -3.60. The number of rotatable bonds is 4. The van der Waals surface area contributed by atoms with E-state index in [0.29, 0.717) is 36.7 Å². The average Bonchev–Trinajstić information content (AvgIpc) is 2.63. The monoisotopic (exact) mass is 444 g/mol. The lowest BCUT2D eigenvalue weighted by molar-refractivity contribution is -0.127. The van der Waals surface area contributed by atoms with E-state index in [4.69, 9.17) is 0 Å². The molecule has 1 aliphatic carbocycles. The Balaban J connectivity index is 1.64. The molecule has 2 aliphatic rings. The van der Waals surface area contributed by atoms with Crippen molar-refractivity contribution in [1.29, 1.82) is 0 Å². The van der Waals surface area contributed by atoms with Crippen molar-refractivity contribution in [2.24, 2.45) is 5.92 Å². The van der Waals surface area contributed by atoms with Crippen LogP contribution in [0.4, 0.5) is 0 Å². The number of halogens is 1. The number of nitrogens with zero attached hydrogens (tertiary/aromatic N) is 1. The number of hydrogen-bond acceptors (Lipinski definition) is 4. The molecule has 6 nitrogen and oxygen atoms in total. The van der Waals surface area contributed by atoms with E-state index in [1.807, 2.05) is 0 Å². The number of nitrogens with one attached hydrogen (secondary N) is 1. The summed E-state index contributed by atoms with van der Waals surface area (Å²) in [5.74, 6) is -0.391. The molecular weight excluding hydrogens is 420 g/mol. The van der Waals surface area contributed by atoms with E-state index < -0.39 is 10.0 Å². The maximum Gasteiger partial charge on any atom is 0.243 e. The summed E-state index contributed by atoms with van der Waals surface area (Å²) >= 11 is 3.31. The fourth-order valence-corrected chi connectivity index (χ4v) is 5.81. The molecule has 8 heteroatoms. The predicted molar refractivity (Wildman–Crippen MR) is 102 cm³/mol. The van der Waals surface area contributed by atoms with Crippen LogP contribution in [0, 0.1) is 5.92 Å². The Hall–Kier alpha value is -0.960. The van der Waals surface area contributed by atoms with Crippen LogP contribution < -0.4 is 5.32 Å². The first-order valence-electron chi connectivity index (χ1n) is 9.10. The number of benzene rings is 1. The zero-order valence-corrected chi connectivity index (χ0v) is 17.0. The second kappa shape index (κ2) is 8.37. The Morgan fingerprint density at radius 1 is 1.19 bits per heavy atom. The van der Waals surface area contributed by atoms with Gasteiger partial charge in [0.2, 0.25) is 15.9 Å². The van der Waals surface area contributed by atoms with Crippen LogP contribution in [0.3, 0.4) is 0 Å². The van der Waals surface area contributed by atoms with Gasteiger partial charge in [-0.25, -0.2) is 8.42 Å². The van der Waals surface area contributed by atoms with E-state index in [0.717, 1.165) is 12.8 Å². The lowest BCUT2D eigenvalue weighted by Crippen LogP contribution is -2.48. The normalized spacial score (nSPS) is 27.8. The molecule has 0 radical (unpaired) electrons. The number of aliphatic hydroxyl groups excluding tert-OH is 1. The van der Waals surface area contributed by atoms with Crippen LogP contribution in [0.5, 0.6) is 0 Å². The van der Waals surface area contributed by atoms with E-state index >= 15 is 0 Å². The van der Waals surface area contributed by atoms with Crippen molar-refractivity contribution in [2.45, 2.75) is 55.6 Å². The molecule has 144 valence electrons. The van der Waals surface area contributed by atoms with Crippen LogP contribution in [0.15, 0.2) is 33.6 Å². The van der Waals surface area contributed by atoms with Crippen LogP contribution in [-0.2, 0) is 14.8 Å². The third kappa shape index (κ3) is 4.65. The molecule has 2 fully saturated rings. The van der Waals surface area contributed by atoms with Crippen molar-refractivity contribution < 1.29 is 18.3 Å². The van der Waals surface area contributed by atoms with Crippen molar-refractivity contribution in [3.05, 3.63) is 28.7 Å². The van der Waals surface area contributed by atoms with E-state index in [1.54, 1.807) is 24.3 Å². The van der Waals surface area contributed by atoms with Crippen molar-refractivity contribution in [3.63, 3.8) is 0 Å². The molecule has 1 aromatic rings. The van der Waals surface area contributed by atoms with Gasteiger partial charge in [-0.1, -0.05) is 22.0 Å². The number of hydrogen-bond donors (Lipinski definition) is 2. The second-order valence-electron chi connectivity index (χ2n) is 7.17. The molecule has 3 rings (SSSR count). The average molecular weight is 445 g/mol. The molecule has 1 aromatic carbocycles. The molecule has 0 aromatic heterocycles. The number of sulfonamides is 1. The van der Waals surface area contributed by atoms with E-state index in [-0.39, 0.29) is 35.4 Å². The smallest absolute Gasteiger partial charge is 0.243 e. The third-order valence-electron chi connectivity index (χ3n) is 5.23. The van der Waals surface area contributed by atoms with Gasteiger partial charge < -0.3 is 10.4 Å². The summed E-state index contributed by atoms with van der Waals surface area (Å²) in [5, 5.41) is 12.6. The fourth-order valence-electron chi connectivity index (χ4n) is 3.69. The van der Waals surface area contributed by atoms with Gasteiger partial charge >= 0.3 is 0 Å². The maximum absolute atomic E-state index is 12.9. The molecule has 0 bridgehead atoms. The summed E-state index contributed by atoms with van der Waals surface area (Å²) < 4.78 is 27.9.